The zero-order valence-corrected chi connectivity index (χ0v) is 13.6. The van der Waals surface area contributed by atoms with Gasteiger partial charge in [0, 0.05) is 5.56 Å². The van der Waals surface area contributed by atoms with Gasteiger partial charge in [-0.15, -0.1) is 3.89 Å². The van der Waals surface area contributed by atoms with Gasteiger partial charge in [0.15, 0.2) is 0 Å². The zero-order valence-electron chi connectivity index (χ0n) is 12.8. The largest absolute Gasteiger partial charge is 0.465 e. The highest BCUT2D eigenvalue weighted by atomic mass is 32.3. The van der Waals surface area contributed by atoms with E-state index in [1.807, 2.05) is 0 Å². The van der Waals surface area contributed by atoms with E-state index in [0.717, 1.165) is 12.1 Å². The second-order valence-electron chi connectivity index (χ2n) is 5.10. The molecule has 1 aromatic heterocycles. The van der Waals surface area contributed by atoms with E-state index >= 15 is 0 Å². The summed E-state index contributed by atoms with van der Waals surface area (Å²) in [7, 11) is -3.66. The monoisotopic (exact) mass is 362 g/mol. The first-order valence-electron chi connectivity index (χ1n) is 6.97. The van der Waals surface area contributed by atoms with Crippen LogP contribution in [0.3, 0.4) is 0 Å². The highest BCUT2D eigenvalue weighted by Gasteiger charge is 2.15. The quantitative estimate of drug-likeness (QED) is 0.564. The normalized spacial score (nSPS) is 11.4. The molecule has 3 aromatic rings. The molecule has 7 nitrogen and oxygen atoms in total. The lowest BCUT2D eigenvalue weighted by Gasteiger charge is -2.05. The number of nitrogens with one attached hydrogen (secondary N) is 1. The summed E-state index contributed by atoms with van der Waals surface area (Å²) in [5.74, 6) is -0.541. The number of H-pyrrole nitrogens is 1. The smallest absolute Gasteiger partial charge is 0.337 e. The van der Waals surface area contributed by atoms with Gasteiger partial charge in [-0.25, -0.2) is 9.78 Å². The molecule has 0 aliphatic rings. The molecule has 0 fully saturated rings. The van der Waals surface area contributed by atoms with Crippen molar-refractivity contribution in [2.45, 2.75) is 4.90 Å². The predicted octanol–water partition coefficient (Wildman–Crippen LogP) is 2.03. The zero-order chi connectivity index (χ0) is 18.2. The third-order valence-electron chi connectivity index (χ3n) is 3.52. The van der Waals surface area contributed by atoms with Crippen LogP contribution in [0, 0.1) is 0 Å². The molecule has 0 radical (unpaired) electrons. The molecule has 0 aliphatic heterocycles. The first kappa shape index (κ1) is 16.8. The maximum Gasteiger partial charge on any atom is 0.337 e. The Kier molecular flexibility index (Phi) is 4.09. The molecule has 0 bridgehead atoms. The molecule has 2 aromatic carbocycles. The maximum atomic E-state index is 13.2. The minimum Gasteiger partial charge on any atom is -0.465 e. The number of methoxy groups -OCH3 is 1. The summed E-state index contributed by atoms with van der Waals surface area (Å²) in [6, 6.07) is 9.20. The Balaban J connectivity index is 2.21. The Hall–Kier alpha value is -3.07. The van der Waals surface area contributed by atoms with Crippen LogP contribution in [0.2, 0.25) is 0 Å². The van der Waals surface area contributed by atoms with Crippen LogP contribution >= 0.6 is 0 Å². The first-order chi connectivity index (χ1) is 11.8. The van der Waals surface area contributed by atoms with Gasteiger partial charge in [0.1, 0.15) is 5.82 Å². The minimum atomic E-state index is -4.89. The van der Waals surface area contributed by atoms with Gasteiger partial charge in [-0.1, -0.05) is 12.1 Å². The Morgan fingerprint density at radius 3 is 2.64 bits per heavy atom. The number of carbonyl (C=O) groups excluding carboxylic acids is 1. The van der Waals surface area contributed by atoms with E-state index in [0.29, 0.717) is 0 Å². The van der Waals surface area contributed by atoms with Gasteiger partial charge in [-0.2, -0.15) is 8.42 Å². The Morgan fingerprint density at radius 1 is 1.20 bits per heavy atom. The van der Waals surface area contributed by atoms with Crippen molar-refractivity contribution in [2.24, 2.45) is 0 Å². The average Bonchev–Trinajstić information content (AvgIpc) is 2.59. The van der Waals surface area contributed by atoms with Crippen LogP contribution in [0.25, 0.3) is 22.3 Å². The standard InChI is InChI=1S/C16H11FN2O5S/c1-24-16(21)10-5-6-12-13(8-10)18-14(19-15(12)20)9-3-2-4-11(7-9)25(17,22)23/h2-8H,1H3,(H,18,19,20). The molecule has 1 N–H and O–H groups in total. The second kappa shape index (κ2) is 6.10. The van der Waals surface area contributed by atoms with Crippen LogP contribution < -0.4 is 5.56 Å². The van der Waals surface area contributed by atoms with Gasteiger partial charge >= 0.3 is 16.2 Å². The van der Waals surface area contributed by atoms with Crippen LogP contribution in [0.15, 0.2) is 52.2 Å². The molecule has 0 atom stereocenters. The van der Waals surface area contributed by atoms with Crippen molar-refractivity contribution >= 4 is 27.1 Å². The molecule has 128 valence electrons. The number of rotatable bonds is 3. The van der Waals surface area contributed by atoms with Crippen molar-refractivity contribution in [3.8, 4) is 11.4 Å². The molecule has 0 unspecified atom stereocenters. The Morgan fingerprint density at radius 2 is 1.96 bits per heavy atom. The van der Waals surface area contributed by atoms with E-state index in [-0.39, 0.29) is 27.9 Å². The van der Waals surface area contributed by atoms with Crippen molar-refractivity contribution in [1.82, 2.24) is 9.97 Å². The van der Waals surface area contributed by atoms with E-state index in [9.17, 15) is 21.9 Å². The van der Waals surface area contributed by atoms with Crippen LogP contribution in [0.5, 0.6) is 0 Å². The molecule has 0 amide bonds. The summed E-state index contributed by atoms with van der Waals surface area (Å²) >= 11 is 0. The van der Waals surface area contributed by atoms with E-state index in [2.05, 4.69) is 14.7 Å². The molecular formula is C16H11FN2O5S. The number of ether oxygens (including phenoxy) is 1. The third-order valence-corrected chi connectivity index (χ3v) is 4.33. The number of hydrogen-bond acceptors (Lipinski definition) is 6. The predicted molar refractivity (Wildman–Crippen MR) is 87.4 cm³/mol. The molecular weight excluding hydrogens is 351 g/mol. The lowest BCUT2D eigenvalue weighted by Crippen LogP contribution is -2.11. The summed E-state index contributed by atoms with van der Waals surface area (Å²) < 4.78 is 39.9. The number of esters is 1. The second-order valence-corrected chi connectivity index (χ2v) is 6.45. The highest BCUT2D eigenvalue weighted by molar-refractivity contribution is 7.86. The third kappa shape index (κ3) is 3.26. The molecule has 3 rings (SSSR count). The number of carbonyl (C=O) groups is 1. The summed E-state index contributed by atoms with van der Waals surface area (Å²) in [5, 5.41) is 0.241. The summed E-state index contributed by atoms with van der Waals surface area (Å²) in [6.07, 6.45) is 0. The Labute approximate surface area is 141 Å². The van der Waals surface area contributed by atoms with Crippen molar-refractivity contribution in [2.75, 3.05) is 7.11 Å². The lowest BCUT2D eigenvalue weighted by atomic mass is 10.1. The van der Waals surface area contributed by atoms with Gasteiger partial charge in [-0.05, 0) is 30.3 Å². The molecule has 1 heterocycles. The van der Waals surface area contributed by atoms with Gasteiger partial charge in [0.2, 0.25) is 0 Å². The number of fused-ring (bicyclic) bond motifs is 1. The SMILES string of the molecule is COC(=O)c1ccc2c(=O)[nH]c(-c3cccc(S(=O)(=O)F)c3)nc2c1. The molecule has 0 saturated heterocycles. The fourth-order valence-electron chi connectivity index (χ4n) is 2.32. The first-order valence-corrected chi connectivity index (χ1v) is 8.35. The van der Waals surface area contributed by atoms with Crippen molar-refractivity contribution in [3.05, 3.63) is 58.4 Å². The number of halogens is 1. The fraction of sp³-hybridized carbons (Fsp3) is 0.0625. The van der Waals surface area contributed by atoms with Gasteiger partial charge in [-0.3, -0.25) is 4.79 Å². The summed E-state index contributed by atoms with van der Waals surface area (Å²) in [4.78, 5) is 30.0. The van der Waals surface area contributed by atoms with Crippen LogP contribution in [0.4, 0.5) is 3.89 Å². The topological polar surface area (TPSA) is 106 Å². The number of aromatic amines is 1. The van der Waals surface area contributed by atoms with Crippen LogP contribution in [-0.2, 0) is 15.0 Å². The van der Waals surface area contributed by atoms with E-state index in [1.54, 1.807) is 0 Å². The molecule has 0 spiro atoms. The molecule has 0 aliphatic carbocycles. The number of nitrogens with zero attached hydrogens (tertiary/aromatic N) is 1. The van der Waals surface area contributed by atoms with Gasteiger partial charge < -0.3 is 9.72 Å². The fourth-order valence-corrected chi connectivity index (χ4v) is 2.82. The Bertz CT molecular complexity index is 1150. The van der Waals surface area contributed by atoms with E-state index < -0.39 is 26.6 Å². The number of hydrogen-bond donors (Lipinski definition) is 1. The van der Waals surface area contributed by atoms with Crippen molar-refractivity contribution in [1.29, 1.82) is 0 Å². The molecule has 0 saturated carbocycles. The van der Waals surface area contributed by atoms with E-state index in [1.165, 1.54) is 37.4 Å². The maximum absolute atomic E-state index is 13.2. The van der Waals surface area contributed by atoms with E-state index in [4.69, 9.17) is 0 Å². The molecule has 9 heteroatoms. The number of aromatic nitrogens is 2. The van der Waals surface area contributed by atoms with Crippen LogP contribution in [0.1, 0.15) is 10.4 Å². The van der Waals surface area contributed by atoms with Crippen LogP contribution in [-0.4, -0.2) is 31.5 Å². The van der Waals surface area contributed by atoms with Gasteiger partial charge in [0.25, 0.3) is 5.56 Å². The molecule has 25 heavy (non-hydrogen) atoms. The van der Waals surface area contributed by atoms with Crippen molar-refractivity contribution in [3.63, 3.8) is 0 Å². The summed E-state index contributed by atoms with van der Waals surface area (Å²) in [5.41, 5.74) is 0.153. The lowest BCUT2D eigenvalue weighted by molar-refractivity contribution is 0.0601. The average molecular weight is 362 g/mol. The van der Waals surface area contributed by atoms with Gasteiger partial charge in [0.05, 0.1) is 28.5 Å². The van der Waals surface area contributed by atoms with Crippen molar-refractivity contribution < 1.29 is 21.8 Å². The highest BCUT2D eigenvalue weighted by Crippen LogP contribution is 2.21. The summed E-state index contributed by atoms with van der Waals surface area (Å²) in [6.45, 7) is 0. The number of benzene rings is 2. The minimum absolute atomic E-state index is 0.0463.